The molecule has 0 saturated carbocycles. The van der Waals surface area contributed by atoms with Gasteiger partial charge in [0.1, 0.15) is 0 Å². The second-order valence-corrected chi connectivity index (χ2v) is 5.40. The van der Waals surface area contributed by atoms with E-state index >= 15 is 0 Å². The lowest BCUT2D eigenvalue weighted by Crippen LogP contribution is -2.20. The van der Waals surface area contributed by atoms with Gasteiger partial charge in [-0.2, -0.15) is 11.8 Å². The summed E-state index contributed by atoms with van der Waals surface area (Å²) in [5, 5.41) is 3.45. The third kappa shape index (κ3) is 7.49. The van der Waals surface area contributed by atoms with Gasteiger partial charge in [0.2, 0.25) is 0 Å². The second-order valence-electron chi connectivity index (χ2n) is 4.01. The van der Waals surface area contributed by atoms with Crippen molar-refractivity contribution in [3.63, 3.8) is 0 Å². The van der Waals surface area contributed by atoms with Gasteiger partial charge in [0.05, 0.1) is 12.7 Å². The minimum absolute atomic E-state index is 0.362. The second kappa shape index (κ2) is 10.4. The van der Waals surface area contributed by atoms with Crippen LogP contribution in [-0.4, -0.2) is 50.5 Å². The first-order valence-electron chi connectivity index (χ1n) is 6.41. The van der Waals surface area contributed by atoms with Crippen molar-refractivity contribution in [3.8, 4) is 0 Å². The first-order chi connectivity index (χ1) is 7.93. The van der Waals surface area contributed by atoms with E-state index in [9.17, 15) is 0 Å². The van der Waals surface area contributed by atoms with Crippen LogP contribution < -0.4 is 5.32 Å². The molecular formula is C12H25NO2S. The molecule has 0 aromatic rings. The Hall–Kier alpha value is 0.230. The predicted molar refractivity (Wildman–Crippen MR) is 70.3 cm³/mol. The van der Waals surface area contributed by atoms with Crippen LogP contribution in [0.3, 0.4) is 0 Å². The number of ether oxygens (including phenoxy) is 2. The van der Waals surface area contributed by atoms with Gasteiger partial charge in [0.15, 0.2) is 0 Å². The standard InChI is InChI=1S/C12H25NO2S/c1-2-16-10-4-7-13-6-3-8-15-12-5-9-14-11-12/h12-13H,2-11H2,1H3. The smallest absolute Gasteiger partial charge is 0.0830 e. The Kier molecular flexibility index (Phi) is 9.28. The number of nitrogens with one attached hydrogen (secondary N) is 1. The van der Waals surface area contributed by atoms with Crippen molar-refractivity contribution in [2.75, 3.05) is 44.4 Å². The fourth-order valence-electron chi connectivity index (χ4n) is 1.66. The molecule has 0 bridgehead atoms. The molecule has 1 rings (SSSR count). The van der Waals surface area contributed by atoms with Crippen molar-refractivity contribution >= 4 is 11.8 Å². The molecule has 1 aliphatic heterocycles. The molecule has 0 aromatic carbocycles. The van der Waals surface area contributed by atoms with E-state index in [1.165, 1.54) is 17.9 Å². The van der Waals surface area contributed by atoms with Crippen molar-refractivity contribution < 1.29 is 9.47 Å². The summed E-state index contributed by atoms with van der Waals surface area (Å²) in [5.74, 6) is 2.51. The van der Waals surface area contributed by atoms with Crippen LogP contribution in [0.4, 0.5) is 0 Å². The van der Waals surface area contributed by atoms with Crippen LogP contribution in [0.1, 0.15) is 26.2 Å². The molecule has 1 heterocycles. The predicted octanol–water partition coefficient (Wildman–Crippen LogP) is 1.91. The van der Waals surface area contributed by atoms with Crippen LogP contribution in [0.15, 0.2) is 0 Å². The lowest BCUT2D eigenvalue weighted by Gasteiger charge is -2.09. The Balaban J connectivity index is 1.71. The summed E-state index contributed by atoms with van der Waals surface area (Å²) in [6.45, 7) is 6.95. The van der Waals surface area contributed by atoms with Crippen LogP contribution >= 0.6 is 11.8 Å². The highest BCUT2D eigenvalue weighted by molar-refractivity contribution is 7.99. The van der Waals surface area contributed by atoms with E-state index in [2.05, 4.69) is 12.2 Å². The van der Waals surface area contributed by atoms with Gasteiger partial charge in [-0.1, -0.05) is 6.92 Å². The van der Waals surface area contributed by atoms with Gasteiger partial charge in [-0.25, -0.2) is 0 Å². The minimum atomic E-state index is 0.362. The third-order valence-corrected chi connectivity index (χ3v) is 3.57. The molecule has 1 saturated heterocycles. The largest absolute Gasteiger partial charge is 0.379 e. The van der Waals surface area contributed by atoms with E-state index < -0.39 is 0 Å². The van der Waals surface area contributed by atoms with Crippen LogP contribution in [0.2, 0.25) is 0 Å². The number of hydrogen-bond acceptors (Lipinski definition) is 4. The van der Waals surface area contributed by atoms with Crippen molar-refractivity contribution in [2.24, 2.45) is 0 Å². The van der Waals surface area contributed by atoms with E-state index in [1.54, 1.807) is 0 Å². The van der Waals surface area contributed by atoms with Gasteiger partial charge in [-0.3, -0.25) is 0 Å². The zero-order valence-corrected chi connectivity index (χ0v) is 11.2. The summed E-state index contributed by atoms with van der Waals surface area (Å²) < 4.78 is 10.9. The Bertz CT molecular complexity index is 152. The molecule has 0 radical (unpaired) electrons. The Labute approximate surface area is 104 Å². The summed E-state index contributed by atoms with van der Waals surface area (Å²) in [5.41, 5.74) is 0. The molecule has 1 N–H and O–H groups in total. The molecule has 16 heavy (non-hydrogen) atoms. The minimum Gasteiger partial charge on any atom is -0.379 e. The van der Waals surface area contributed by atoms with E-state index in [4.69, 9.17) is 9.47 Å². The first kappa shape index (κ1) is 14.3. The van der Waals surface area contributed by atoms with Crippen molar-refractivity contribution in [1.82, 2.24) is 5.32 Å². The molecular weight excluding hydrogens is 222 g/mol. The summed E-state index contributed by atoms with van der Waals surface area (Å²) >= 11 is 2.01. The van der Waals surface area contributed by atoms with Crippen LogP contribution in [0, 0.1) is 0 Å². The van der Waals surface area contributed by atoms with Gasteiger partial charge in [0, 0.05) is 13.2 Å². The highest BCUT2D eigenvalue weighted by Gasteiger charge is 2.14. The molecule has 0 aliphatic carbocycles. The van der Waals surface area contributed by atoms with E-state index in [0.29, 0.717) is 6.10 Å². The maximum Gasteiger partial charge on any atom is 0.0830 e. The fraction of sp³-hybridized carbons (Fsp3) is 1.00. The van der Waals surface area contributed by atoms with Gasteiger partial charge in [-0.15, -0.1) is 0 Å². The highest BCUT2D eigenvalue weighted by Crippen LogP contribution is 2.07. The topological polar surface area (TPSA) is 30.5 Å². The summed E-state index contributed by atoms with van der Waals surface area (Å²) in [6.07, 6.45) is 3.82. The normalized spacial score (nSPS) is 20.4. The molecule has 3 nitrogen and oxygen atoms in total. The summed E-state index contributed by atoms with van der Waals surface area (Å²) in [7, 11) is 0. The average molecular weight is 247 g/mol. The average Bonchev–Trinajstić information content (AvgIpc) is 2.80. The quantitative estimate of drug-likeness (QED) is 0.597. The van der Waals surface area contributed by atoms with Crippen molar-refractivity contribution in [3.05, 3.63) is 0 Å². The molecule has 1 aliphatic rings. The molecule has 1 atom stereocenters. The molecule has 1 unspecified atom stereocenters. The monoisotopic (exact) mass is 247 g/mol. The molecule has 4 heteroatoms. The maximum absolute atomic E-state index is 5.68. The Morgan fingerprint density at radius 3 is 3.00 bits per heavy atom. The van der Waals surface area contributed by atoms with Gasteiger partial charge in [0.25, 0.3) is 0 Å². The summed E-state index contributed by atoms with van der Waals surface area (Å²) in [4.78, 5) is 0. The molecule has 1 fully saturated rings. The molecule has 96 valence electrons. The number of rotatable bonds is 10. The van der Waals surface area contributed by atoms with Gasteiger partial charge in [-0.05, 0) is 43.9 Å². The highest BCUT2D eigenvalue weighted by atomic mass is 32.2. The molecule has 0 aromatic heterocycles. The molecule has 0 spiro atoms. The number of hydrogen-bond donors (Lipinski definition) is 1. The maximum atomic E-state index is 5.68. The first-order valence-corrected chi connectivity index (χ1v) is 7.56. The summed E-state index contributed by atoms with van der Waals surface area (Å²) in [6, 6.07) is 0. The van der Waals surface area contributed by atoms with Gasteiger partial charge >= 0.3 is 0 Å². The van der Waals surface area contributed by atoms with E-state index in [0.717, 1.165) is 45.8 Å². The van der Waals surface area contributed by atoms with Crippen LogP contribution in [0.5, 0.6) is 0 Å². The lowest BCUT2D eigenvalue weighted by atomic mass is 10.3. The lowest BCUT2D eigenvalue weighted by molar-refractivity contribution is 0.0416. The SMILES string of the molecule is CCSCCCNCCCOC1CCOC1. The Morgan fingerprint density at radius 2 is 2.25 bits per heavy atom. The molecule has 0 amide bonds. The fourth-order valence-corrected chi connectivity index (χ4v) is 2.30. The third-order valence-electron chi connectivity index (χ3n) is 2.59. The number of thioether (sulfide) groups is 1. The zero-order valence-electron chi connectivity index (χ0n) is 10.4. The Morgan fingerprint density at radius 1 is 1.38 bits per heavy atom. The van der Waals surface area contributed by atoms with E-state index in [-0.39, 0.29) is 0 Å². The van der Waals surface area contributed by atoms with Crippen LogP contribution in [0.25, 0.3) is 0 Å². The van der Waals surface area contributed by atoms with Gasteiger partial charge < -0.3 is 14.8 Å². The van der Waals surface area contributed by atoms with Crippen molar-refractivity contribution in [2.45, 2.75) is 32.3 Å². The van der Waals surface area contributed by atoms with E-state index in [1.807, 2.05) is 11.8 Å². The van der Waals surface area contributed by atoms with Crippen LogP contribution in [-0.2, 0) is 9.47 Å². The van der Waals surface area contributed by atoms with Crippen molar-refractivity contribution in [1.29, 1.82) is 0 Å². The zero-order chi connectivity index (χ0) is 11.5.